The minimum absolute atomic E-state index is 0.0412. The summed E-state index contributed by atoms with van der Waals surface area (Å²) in [6.45, 7) is 4.59. The summed E-state index contributed by atoms with van der Waals surface area (Å²) >= 11 is 0. The first-order chi connectivity index (χ1) is 16.3. The van der Waals surface area contributed by atoms with Gasteiger partial charge in [-0.1, -0.05) is 78.9 Å². The molecule has 0 saturated carbocycles. The molecule has 2 aromatic heterocycles. The lowest BCUT2D eigenvalue weighted by Gasteiger charge is -2.26. The van der Waals surface area contributed by atoms with Gasteiger partial charge in [-0.3, -0.25) is 4.98 Å². The number of nitrogens with zero attached hydrogens (tertiary/aromatic N) is 2. The van der Waals surface area contributed by atoms with Crippen LogP contribution in [0.1, 0.15) is 17.0 Å². The number of hydrogen-bond acceptors (Lipinski definition) is 1. The van der Waals surface area contributed by atoms with Crippen LogP contribution in [-0.4, -0.2) is 4.98 Å². The third-order valence-electron chi connectivity index (χ3n) is 6.47. The second-order valence-electron chi connectivity index (χ2n) is 8.35. The maximum Gasteiger partial charge on any atom is 0.219 e. The lowest BCUT2D eigenvalue weighted by molar-refractivity contribution is -0.573. The summed E-state index contributed by atoms with van der Waals surface area (Å²) in [6.07, 6.45) is 4.01. The maximum atomic E-state index is 4.64. The Morgan fingerprint density at radius 3 is 2.06 bits per heavy atom. The van der Waals surface area contributed by atoms with E-state index in [1.54, 1.807) is 0 Å². The smallest absolute Gasteiger partial charge is 0.219 e. The van der Waals surface area contributed by atoms with E-state index in [1.807, 2.05) is 18.3 Å². The highest BCUT2D eigenvalue weighted by Crippen LogP contribution is 2.44. The molecular weight excluding hydrogens is 400 g/mol. The molecule has 156 valence electrons. The van der Waals surface area contributed by atoms with Gasteiger partial charge in [0.2, 0.25) is 5.69 Å². The van der Waals surface area contributed by atoms with Gasteiger partial charge in [0.15, 0.2) is 11.9 Å². The van der Waals surface area contributed by atoms with Crippen molar-refractivity contribution in [1.29, 1.82) is 0 Å². The van der Waals surface area contributed by atoms with Crippen LogP contribution in [0.2, 0.25) is 0 Å². The zero-order chi connectivity index (χ0) is 22.2. The Balaban J connectivity index is 1.55. The van der Waals surface area contributed by atoms with Gasteiger partial charge in [0, 0.05) is 23.9 Å². The van der Waals surface area contributed by atoms with Gasteiger partial charge >= 0.3 is 0 Å². The number of benzene rings is 3. The van der Waals surface area contributed by atoms with Gasteiger partial charge in [-0.15, -0.1) is 0 Å². The largest absolute Gasteiger partial charge is 0.256 e. The molecule has 0 fully saturated rings. The van der Waals surface area contributed by atoms with Gasteiger partial charge in [0.25, 0.3) is 0 Å². The van der Waals surface area contributed by atoms with Crippen molar-refractivity contribution in [2.75, 3.05) is 0 Å². The molecule has 1 aliphatic heterocycles. The lowest BCUT2D eigenvalue weighted by Crippen LogP contribution is -2.40. The minimum atomic E-state index is 0.0412. The molecule has 2 nitrogen and oxygen atoms in total. The average Bonchev–Trinajstić information content (AvgIpc) is 2.90. The van der Waals surface area contributed by atoms with Crippen molar-refractivity contribution < 1.29 is 4.57 Å². The molecular formula is C31H23N2+. The number of allylic oxidation sites excluding steroid dienone is 1. The van der Waals surface area contributed by atoms with Crippen LogP contribution in [0.3, 0.4) is 0 Å². The van der Waals surface area contributed by atoms with Crippen LogP contribution in [-0.2, 0) is 0 Å². The van der Waals surface area contributed by atoms with Gasteiger partial charge in [0.05, 0.1) is 17.2 Å². The Hall–Kier alpha value is -4.30. The standard InChI is InChI=1S/C31H23N2/c1-22-31(27-15-7-5-13-25(27)29-17-9-10-19-32-29)28-16-8-6-14-26(28)30-21-24(18-20-33(22)30)23-11-3-2-4-12-23/h2-21,31H,1H2/q+1. The second kappa shape index (κ2) is 7.99. The van der Waals surface area contributed by atoms with E-state index >= 15 is 0 Å². The summed E-state index contributed by atoms with van der Waals surface area (Å²) in [6, 6.07) is 38.3. The van der Waals surface area contributed by atoms with Gasteiger partial charge in [0.1, 0.15) is 0 Å². The Labute approximate surface area is 194 Å². The normalized spacial score (nSPS) is 14.4. The van der Waals surface area contributed by atoms with E-state index in [1.165, 1.54) is 33.5 Å². The van der Waals surface area contributed by atoms with Crippen molar-refractivity contribution in [1.82, 2.24) is 4.98 Å². The quantitative estimate of drug-likeness (QED) is 0.286. The first kappa shape index (κ1) is 19.4. The fraction of sp³-hybridized carbons (Fsp3) is 0.0323. The van der Waals surface area contributed by atoms with Crippen molar-refractivity contribution in [3.63, 3.8) is 0 Å². The van der Waals surface area contributed by atoms with Crippen LogP contribution in [0, 0.1) is 0 Å². The van der Waals surface area contributed by atoms with Crippen LogP contribution < -0.4 is 4.57 Å². The third-order valence-corrected chi connectivity index (χ3v) is 6.47. The molecule has 0 saturated heterocycles. The molecule has 0 radical (unpaired) electrons. The zero-order valence-corrected chi connectivity index (χ0v) is 18.2. The van der Waals surface area contributed by atoms with Crippen LogP contribution in [0.4, 0.5) is 0 Å². The van der Waals surface area contributed by atoms with Crippen molar-refractivity contribution in [3.8, 4) is 33.6 Å². The molecule has 3 heterocycles. The number of fused-ring (bicyclic) bond motifs is 3. The van der Waals surface area contributed by atoms with E-state index in [2.05, 4.69) is 119 Å². The topological polar surface area (TPSA) is 16.8 Å². The van der Waals surface area contributed by atoms with E-state index in [0.29, 0.717) is 0 Å². The Morgan fingerprint density at radius 2 is 1.30 bits per heavy atom. The summed E-state index contributed by atoms with van der Waals surface area (Å²) in [5.74, 6) is 0.0412. The van der Waals surface area contributed by atoms with E-state index < -0.39 is 0 Å². The maximum absolute atomic E-state index is 4.64. The molecule has 0 N–H and O–H groups in total. The molecule has 6 rings (SSSR count). The first-order valence-corrected chi connectivity index (χ1v) is 11.2. The lowest BCUT2D eigenvalue weighted by atomic mass is 9.79. The van der Waals surface area contributed by atoms with Gasteiger partial charge < -0.3 is 0 Å². The zero-order valence-electron chi connectivity index (χ0n) is 18.2. The number of rotatable bonds is 3. The Kier molecular flexibility index (Phi) is 4.70. The highest BCUT2D eigenvalue weighted by Gasteiger charge is 2.37. The summed E-state index contributed by atoms with van der Waals surface area (Å²) in [5.41, 5.74) is 10.5. The van der Waals surface area contributed by atoms with Gasteiger partial charge in [-0.2, -0.15) is 4.57 Å². The van der Waals surface area contributed by atoms with E-state index in [9.17, 15) is 0 Å². The predicted molar refractivity (Wildman–Crippen MR) is 134 cm³/mol. The number of aromatic nitrogens is 2. The monoisotopic (exact) mass is 423 g/mol. The van der Waals surface area contributed by atoms with Crippen molar-refractivity contribution in [2.24, 2.45) is 0 Å². The Bertz CT molecular complexity index is 1470. The third kappa shape index (κ3) is 3.28. The van der Waals surface area contributed by atoms with Crippen molar-refractivity contribution in [3.05, 3.63) is 139 Å². The number of pyridine rings is 2. The highest BCUT2D eigenvalue weighted by atomic mass is 15.0. The fourth-order valence-corrected chi connectivity index (χ4v) is 4.92. The molecule has 2 heteroatoms. The second-order valence-corrected chi connectivity index (χ2v) is 8.35. The molecule has 1 aliphatic rings. The molecule has 1 atom stereocenters. The molecule has 0 bridgehead atoms. The highest BCUT2D eigenvalue weighted by molar-refractivity contribution is 5.79. The molecule has 0 aliphatic carbocycles. The molecule has 3 aromatic carbocycles. The average molecular weight is 424 g/mol. The molecule has 1 unspecified atom stereocenters. The van der Waals surface area contributed by atoms with E-state index in [0.717, 1.165) is 17.0 Å². The predicted octanol–water partition coefficient (Wildman–Crippen LogP) is 6.99. The van der Waals surface area contributed by atoms with Crippen molar-refractivity contribution in [2.45, 2.75) is 5.92 Å². The Morgan fingerprint density at radius 1 is 0.636 bits per heavy atom. The van der Waals surface area contributed by atoms with Crippen molar-refractivity contribution >= 4 is 5.70 Å². The van der Waals surface area contributed by atoms with Crippen LogP contribution in [0.15, 0.2) is 128 Å². The van der Waals surface area contributed by atoms with Crippen LogP contribution in [0.25, 0.3) is 39.3 Å². The molecule has 33 heavy (non-hydrogen) atoms. The van der Waals surface area contributed by atoms with Gasteiger partial charge in [-0.05, 0) is 47.0 Å². The SMILES string of the molecule is C=C1C(c2ccccc2-c2ccccn2)c2ccccc2-c2cc(-c3ccccc3)cc[n+]21. The summed E-state index contributed by atoms with van der Waals surface area (Å²) in [4.78, 5) is 4.64. The van der Waals surface area contributed by atoms with E-state index in [4.69, 9.17) is 0 Å². The van der Waals surface area contributed by atoms with Crippen LogP contribution in [0.5, 0.6) is 0 Å². The molecule has 0 amide bonds. The summed E-state index contributed by atoms with van der Waals surface area (Å²) in [7, 11) is 0. The van der Waals surface area contributed by atoms with Crippen LogP contribution >= 0.6 is 0 Å². The minimum Gasteiger partial charge on any atom is -0.256 e. The molecule has 0 spiro atoms. The molecule has 5 aromatic rings. The summed E-state index contributed by atoms with van der Waals surface area (Å²) < 4.78 is 2.24. The summed E-state index contributed by atoms with van der Waals surface area (Å²) in [5, 5.41) is 0. The first-order valence-electron chi connectivity index (χ1n) is 11.2. The van der Waals surface area contributed by atoms with Gasteiger partial charge in [-0.25, -0.2) is 0 Å². The van der Waals surface area contributed by atoms with E-state index in [-0.39, 0.29) is 5.92 Å². The fourth-order valence-electron chi connectivity index (χ4n) is 4.92. The number of hydrogen-bond donors (Lipinski definition) is 0.